The summed E-state index contributed by atoms with van der Waals surface area (Å²) in [6.07, 6.45) is 3.35. The zero-order valence-corrected chi connectivity index (χ0v) is 8.60. The molecule has 1 rings (SSSR count). The zero-order chi connectivity index (χ0) is 5.11. The molecule has 0 aliphatic carbocycles. The van der Waals surface area contributed by atoms with Gasteiger partial charge in [0.15, 0.2) is 0 Å². The van der Waals surface area contributed by atoms with Crippen LogP contribution in [0, 0.1) is 0 Å². The number of rotatable bonds is 0. The minimum Gasteiger partial charge on any atom is -0.778 e. The molecule has 0 saturated carbocycles. The fourth-order valence-electron chi connectivity index (χ4n) is 0.347. The third kappa shape index (κ3) is 3.12. The molecule has 0 atom stereocenters. The van der Waals surface area contributed by atoms with Gasteiger partial charge in [-0.3, -0.25) is 4.98 Å². The topological polar surface area (TPSA) is 12.9 Å². The monoisotopic (exact) mass is 149 g/mol. The number of nitrogens with zero attached hydrogens (tertiary/aromatic N) is 1. The summed E-state index contributed by atoms with van der Waals surface area (Å²) in [4.78, 5) is 4.57. The van der Waals surface area contributed by atoms with Crippen molar-refractivity contribution in [3.63, 3.8) is 0 Å². The van der Waals surface area contributed by atoms with Gasteiger partial charge in [0.05, 0.1) is 0 Å². The van der Waals surface area contributed by atoms with Crippen LogP contribution in [-0.2, 0) is 12.6 Å². The van der Waals surface area contributed by atoms with Gasteiger partial charge in [-0.05, 0) is 6.07 Å². The van der Waals surface area contributed by atoms with Gasteiger partial charge in [-0.15, -0.1) is 0 Å². The second-order valence-corrected chi connectivity index (χ2v) is 1.66. The molecule has 3 heteroatoms. The second-order valence-electron chi connectivity index (χ2n) is 1.19. The summed E-state index contributed by atoms with van der Waals surface area (Å²) in [7, 11) is 0. The van der Waals surface area contributed by atoms with E-state index in [4.69, 9.17) is 12.6 Å². The van der Waals surface area contributed by atoms with Gasteiger partial charge in [-0.25, -0.2) is 0 Å². The Morgan fingerprint density at radius 1 is 1.50 bits per heavy atom. The van der Waals surface area contributed by atoms with Crippen LogP contribution in [0.2, 0.25) is 0 Å². The fraction of sp³-hybridized carbons (Fsp3) is 0. The van der Waals surface area contributed by atoms with Crippen molar-refractivity contribution >= 4 is 12.6 Å². The van der Waals surface area contributed by atoms with Crippen LogP contribution < -0.4 is 51.4 Å². The van der Waals surface area contributed by atoms with Crippen LogP contribution in [-0.4, -0.2) is 4.98 Å². The molecular weight excluding hydrogens is 145 g/mol. The minimum absolute atomic E-state index is 0. The maximum atomic E-state index is 4.75. The summed E-state index contributed by atoms with van der Waals surface area (Å²) in [5, 5.41) is 0. The van der Waals surface area contributed by atoms with Crippen LogP contribution in [0.1, 0.15) is 0 Å². The van der Waals surface area contributed by atoms with Crippen LogP contribution >= 0.6 is 0 Å². The van der Waals surface area contributed by atoms with E-state index in [1.54, 1.807) is 12.4 Å². The summed E-state index contributed by atoms with van der Waals surface area (Å²) in [5.74, 6) is 0. The van der Waals surface area contributed by atoms with Crippen LogP contribution in [0.15, 0.2) is 29.4 Å². The van der Waals surface area contributed by atoms with Gasteiger partial charge in [-0.1, -0.05) is 6.07 Å². The molecule has 0 radical (unpaired) electrons. The van der Waals surface area contributed by atoms with Gasteiger partial charge >= 0.3 is 51.4 Å². The smallest absolute Gasteiger partial charge is 0.778 e. The minimum atomic E-state index is 0. The molecule has 1 aromatic heterocycles. The Morgan fingerprint density at radius 3 is 2.50 bits per heavy atom. The molecule has 1 nitrogen and oxygen atoms in total. The van der Waals surface area contributed by atoms with E-state index in [-0.39, 0.29) is 51.4 Å². The average Bonchev–Trinajstić information content (AvgIpc) is 1.69. The van der Waals surface area contributed by atoms with E-state index in [1.165, 1.54) is 0 Å². The van der Waals surface area contributed by atoms with E-state index in [0.717, 1.165) is 4.90 Å². The van der Waals surface area contributed by atoms with Crippen LogP contribution in [0.5, 0.6) is 0 Å². The van der Waals surface area contributed by atoms with Crippen LogP contribution in [0.3, 0.4) is 0 Å². The zero-order valence-electron chi connectivity index (χ0n) is 4.66. The SMILES string of the molecule is [K+].[S-]c1cccnc1. The molecule has 0 fully saturated rings. The van der Waals surface area contributed by atoms with E-state index in [2.05, 4.69) is 4.98 Å². The van der Waals surface area contributed by atoms with E-state index >= 15 is 0 Å². The van der Waals surface area contributed by atoms with Gasteiger partial charge < -0.3 is 12.6 Å². The maximum Gasteiger partial charge on any atom is 1.00 e. The molecule has 0 aliphatic rings. The van der Waals surface area contributed by atoms with E-state index in [0.29, 0.717) is 0 Å². The number of pyridine rings is 1. The fourth-order valence-corrected chi connectivity index (χ4v) is 0.487. The maximum absolute atomic E-state index is 4.75. The molecule has 8 heavy (non-hydrogen) atoms. The first kappa shape index (κ1) is 9.01. The molecule has 0 bridgehead atoms. The molecule has 0 amide bonds. The molecule has 0 aromatic carbocycles. The Balaban J connectivity index is 0.000000490. The predicted octanol–water partition coefficient (Wildman–Crippen LogP) is -2.01. The van der Waals surface area contributed by atoms with Crippen molar-refractivity contribution in [3.05, 3.63) is 24.5 Å². The second kappa shape index (κ2) is 4.85. The Kier molecular flexibility index (Phi) is 5.45. The normalized spacial score (nSPS) is 7.50. The molecule has 0 aliphatic heterocycles. The van der Waals surface area contributed by atoms with Gasteiger partial charge in [0, 0.05) is 12.4 Å². The van der Waals surface area contributed by atoms with Gasteiger partial charge in [0.2, 0.25) is 0 Å². The first-order valence-electron chi connectivity index (χ1n) is 1.96. The summed E-state index contributed by atoms with van der Waals surface area (Å²) in [5.41, 5.74) is 0. The van der Waals surface area contributed by atoms with Gasteiger partial charge in [-0.2, -0.15) is 4.90 Å². The van der Waals surface area contributed by atoms with Crippen molar-refractivity contribution in [1.82, 2.24) is 4.98 Å². The molecule has 0 N–H and O–H groups in total. The van der Waals surface area contributed by atoms with Crippen molar-refractivity contribution < 1.29 is 51.4 Å². The van der Waals surface area contributed by atoms with Crippen molar-refractivity contribution in [2.24, 2.45) is 0 Å². The van der Waals surface area contributed by atoms with Crippen molar-refractivity contribution in [1.29, 1.82) is 0 Å². The van der Waals surface area contributed by atoms with E-state index < -0.39 is 0 Å². The molecule has 36 valence electrons. The Bertz CT molecular complexity index is 142. The predicted molar refractivity (Wildman–Crippen MR) is 29.9 cm³/mol. The number of hydrogen-bond donors (Lipinski definition) is 0. The summed E-state index contributed by atoms with van der Waals surface area (Å²) < 4.78 is 0. The summed E-state index contributed by atoms with van der Waals surface area (Å²) in [6.45, 7) is 0. The molecule has 0 saturated heterocycles. The number of aromatic nitrogens is 1. The van der Waals surface area contributed by atoms with Crippen molar-refractivity contribution in [2.75, 3.05) is 0 Å². The van der Waals surface area contributed by atoms with Crippen LogP contribution in [0.25, 0.3) is 0 Å². The third-order valence-corrected chi connectivity index (χ3v) is 0.876. The molecule has 1 heterocycles. The van der Waals surface area contributed by atoms with E-state index in [1.807, 2.05) is 12.1 Å². The largest absolute Gasteiger partial charge is 1.00 e. The standard InChI is InChI=1S/C5H5NS.K/c7-5-2-1-3-6-4-5;/h1-4,7H;/q;+1/p-1. The Labute approximate surface area is 96.7 Å². The van der Waals surface area contributed by atoms with Gasteiger partial charge in [0.25, 0.3) is 0 Å². The summed E-state index contributed by atoms with van der Waals surface area (Å²) in [6, 6.07) is 3.66. The van der Waals surface area contributed by atoms with E-state index in [9.17, 15) is 0 Å². The molecule has 0 unspecified atom stereocenters. The Hall–Kier alpha value is 1.01. The molecule has 1 aromatic rings. The molecular formula is C5H4KNS. The average molecular weight is 149 g/mol. The Morgan fingerprint density at radius 2 is 2.25 bits per heavy atom. The number of hydrogen-bond acceptors (Lipinski definition) is 2. The third-order valence-electron chi connectivity index (χ3n) is 0.634. The van der Waals surface area contributed by atoms with Gasteiger partial charge in [0.1, 0.15) is 0 Å². The van der Waals surface area contributed by atoms with Crippen molar-refractivity contribution in [3.8, 4) is 0 Å². The quantitative estimate of drug-likeness (QED) is 0.312. The van der Waals surface area contributed by atoms with Crippen LogP contribution in [0.4, 0.5) is 0 Å². The van der Waals surface area contributed by atoms with Crippen molar-refractivity contribution in [2.45, 2.75) is 4.90 Å². The summed E-state index contributed by atoms with van der Waals surface area (Å²) >= 11 is 4.75. The first-order valence-corrected chi connectivity index (χ1v) is 2.37. The first-order chi connectivity index (χ1) is 3.39. The molecule has 0 spiro atoms.